The van der Waals surface area contributed by atoms with Crippen LogP contribution >= 0.6 is 11.6 Å². The Morgan fingerprint density at radius 2 is 1.59 bits per heavy atom. The van der Waals surface area contributed by atoms with E-state index in [9.17, 15) is 13.5 Å². The number of hydrogen-bond donors (Lipinski definition) is 2. The van der Waals surface area contributed by atoms with Crippen LogP contribution in [0.4, 0.5) is 5.69 Å². The van der Waals surface area contributed by atoms with Gasteiger partial charge in [0, 0.05) is 10.8 Å². The molecule has 3 aromatic carbocycles. The molecular weight excluding hydrogens is 322 g/mol. The highest BCUT2D eigenvalue weighted by Crippen LogP contribution is 2.36. The number of sulfonamides is 1. The van der Waals surface area contributed by atoms with E-state index in [1.54, 1.807) is 42.5 Å². The monoisotopic (exact) mass is 333 g/mol. The number of anilines is 1. The summed E-state index contributed by atoms with van der Waals surface area (Å²) in [6, 6.07) is 16.3. The molecule has 0 aliphatic heterocycles. The van der Waals surface area contributed by atoms with Crippen molar-refractivity contribution < 1.29 is 13.5 Å². The van der Waals surface area contributed by atoms with Gasteiger partial charge >= 0.3 is 0 Å². The highest BCUT2D eigenvalue weighted by Gasteiger charge is 2.16. The second-order valence-corrected chi connectivity index (χ2v) is 6.80. The average Bonchev–Trinajstić information content (AvgIpc) is 2.52. The van der Waals surface area contributed by atoms with Crippen LogP contribution in [0.1, 0.15) is 0 Å². The highest BCUT2D eigenvalue weighted by molar-refractivity contribution is 7.92. The predicted molar refractivity (Wildman–Crippen MR) is 87.9 cm³/mol. The van der Waals surface area contributed by atoms with Crippen LogP contribution in [0.3, 0.4) is 0 Å². The lowest BCUT2D eigenvalue weighted by molar-refractivity contribution is 0.482. The Kier molecular flexibility index (Phi) is 3.68. The summed E-state index contributed by atoms with van der Waals surface area (Å²) in [5.41, 5.74) is 0.383. The molecule has 3 aromatic rings. The van der Waals surface area contributed by atoms with Crippen molar-refractivity contribution in [2.45, 2.75) is 4.90 Å². The summed E-state index contributed by atoms with van der Waals surface area (Å²) in [4.78, 5) is 0.171. The standard InChI is InChI=1S/C16H12ClNO3S/c17-14-10-9-12-13(16(14)19)7-4-8-15(12)18-22(20,21)11-5-2-1-3-6-11/h1-10,18-19H. The second kappa shape index (κ2) is 5.51. The normalized spacial score (nSPS) is 11.5. The quantitative estimate of drug-likeness (QED) is 0.761. The molecule has 0 saturated carbocycles. The zero-order valence-corrected chi connectivity index (χ0v) is 12.9. The van der Waals surface area contributed by atoms with E-state index >= 15 is 0 Å². The Morgan fingerprint density at radius 3 is 2.32 bits per heavy atom. The first-order valence-corrected chi connectivity index (χ1v) is 8.33. The number of benzene rings is 3. The van der Waals surface area contributed by atoms with Gasteiger partial charge in [0.2, 0.25) is 0 Å². The maximum Gasteiger partial charge on any atom is 0.261 e. The molecule has 2 N–H and O–H groups in total. The van der Waals surface area contributed by atoms with Crippen LogP contribution in [0.2, 0.25) is 5.02 Å². The maximum absolute atomic E-state index is 12.4. The minimum absolute atomic E-state index is 0.0695. The number of fused-ring (bicyclic) bond motifs is 1. The fourth-order valence-corrected chi connectivity index (χ4v) is 3.47. The molecule has 0 amide bonds. The summed E-state index contributed by atoms with van der Waals surface area (Å²) in [5, 5.41) is 11.3. The van der Waals surface area contributed by atoms with Crippen molar-refractivity contribution >= 4 is 38.1 Å². The Hall–Kier alpha value is -2.24. The zero-order valence-electron chi connectivity index (χ0n) is 11.3. The third-order valence-electron chi connectivity index (χ3n) is 3.28. The maximum atomic E-state index is 12.4. The van der Waals surface area contributed by atoms with E-state index in [4.69, 9.17) is 11.6 Å². The smallest absolute Gasteiger partial charge is 0.261 e. The van der Waals surface area contributed by atoms with Gasteiger partial charge in [-0.05, 0) is 24.3 Å². The average molecular weight is 334 g/mol. The Labute approximate surface area is 133 Å². The van der Waals surface area contributed by atoms with Gasteiger partial charge in [0.05, 0.1) is 15.6 Å². The third-order valence-corrected chi connectivity index (χ3v) is 4.97. The number of phenolic OH excluding ortho intramolecular Hbond substituents is 1. The lowest BCUT2D eigenvalue weighted by Crippen LogP contribution is -2.13. The van der Waals surface area contributed by atoms with Gasteiger partial charge in [-0.2, -0.15) is 0 Å². The first-order chi connectivity index (χ1) is 10.5. The van der Waals surface area contributed by atoms with Crippen molar-refractivity contribution in [2.24, 2.45) is 0 Å². The Morgan fingerprint density at radius 1 is 0.864 bits per heavy atom. The molecule has 0 unspecified atom stereocenters. The molecule has 0 atom stereocenters. The number of phenols is 1. The van der Waals surface area contributed by atoms with Gasteiger partial charge in [-0.1, -0.05) is 48.0 Å². The van der Waals surface area contributed by atoms with Crippen LogP contribution in [-0.4, -0.2) is 13.5 Å². The van der Waals surface area contributed by atoms with Gasteiger partial charge in [-0.15, -0.1) is 0 Å². The van der Waals surface area contributed by atoms with Crippen LogP contribution in [0, 0.1) is 0 Å². The van der Waals surface area contributed by atoms with E-state index in [1.807, 2.05) is 0 Å². The van der Waals surface area contributed by atoms with Crippen molar-refractivity contribution in [1.29, 1.82) is 0 Å². The van der Waals surface area contributed by atoms with Crippen LogP contribution < -0.4 is 4.72 Å². The summed E-state index contributed by atoms with van der Waals surface area (Å²) in [7, 11) is -3.69. The fraction of sp³-hybridized carbons (Fsp3) is 0. The van der Waals surface area contributed by atoms with E-state index < -0.39 is 10.0 Å². The summed E-state index contributed by atoms with van der Waals surface area (Å²) in [6.07, 6.45) is 0. The molecule has 22 heavy (non-hydrogen) atoms. The second-order valence-electron chi connectivity index (χ2n) is 4.72. The molecule has 0 heterocycles. The molecule has 0 fully saturated rings. The van der Waals surface area contributed by atoms with Crippen molar-refractivity contribution in [1.82, 2.24) is 0 Å². The molecule has 0 spiro atoms. The zero-order chi connectivity index (χ0) is 15.7. The van der Waals surface area contributed by atoms with E-state index in [-0.39, 0.29) is 15.7 Å². The minimum atomic E-state index is -3.69. The lowest BCUT2D eigenvalue weighted by atomic mass is 10.1. The van der Waals surface area contributed by atoms with E-state index in [2.05, 4.69) is 4.72 Å². The van der Waals surface area contributed by atoms with Crippen molar-refractivity contribution in [3.8, 4) is 5.75 Å². The molecular formula is C16H12ClNO3S. The lowest BCUT2D eigenvalue weighted by Gasteiger charge is -2.12. The molecule has 112 valence electrons. The topological polar surface area (TPSA) is 66.4 Å². The summed E-state index contributed by atoms with van der Waals surface area (Å²) in [5.74, 6) is -0.0695. The van der Waals surface area contributed by atoms with Crippen LogP contribution in [0.15, 0.2) is 65.6 Å². The van der Waals surface area contributed by atoms with E-state index in [1.165, 1.54) is 18.2 Å². The van der Waals surface area contributed by atoms with Gasteiger partial charge in [-0.25, -0.2) is 8.42 Å². The molecule has 0 aliphatic carbocycles. The van der Waals surface area contributed by atoms with Crippen molar-refractivity contribution in [2.75, 3.05) is 4.72 Å². The molecule has 6 heteroatoms. The molecule has 0 bridgehead atoms. The molecule has 0 radical (unpaired) electrons. The Bertz CT molecular complexity index is 940. The molecule has 0 aliphatic rings. The number of hydrogen-bond acceptors (Lipinski definition) is 3. The van der Waals surface area contributed by atoms with Gasteiger partial charge in [0.25, 0.3) is 10.0 Å². The van der Waals surface area contributed by atoms with Gasteiger partial charge in [0.1, 0.15) is 5.75 Å². The molecule has 0 saturated heterocycles. The van der Waals surface area contributed by atoms with Crippen LogP contribution in [0.25, 0.3) is 10.8 Å². The fourth-order valence-electron chi connectivity index (χ4n) is 2.21. The molecule has 4 nitrogen and oxygen atoms in total. The number of aromatic hydroxyl groups is 1. The van der Waals surface area contributed by atoms with Crippen LogP contribution in [0.5, 0.6) is 5.75 Å². The molecule has 0 aromatic heterocycles. The van der Waals surface area contributed by atoms with E-state index in [0.717, 1.165) is 0 Å². The first kappa shape index (κ1) is 14.7. The largest absolute Gasteiger partial charge is 0.506 e. The summed E-state index contributed by atoms with van der Waals surface area (Å²) >= 11 is 5.88. The number of halogens is 1. The van der Waals surface area contributed by atoms with Crippen molar-refractivity contribution in [3.63, 3.8) is 0 Å². The van der Waals surface area contributed by atoms with Crippen LogP contribution in [-0.2, 0) is 10.0 Å². The van der Waals surface area contributed by atoms with Crippen molar-refractivity contribution in [3.05, 3.63) is 65.7 Å². The predicted octanol–water partition coefficient (Wildman–Crippen LogP) is 4.00. The SMILES string of the molecule is O=S(=O)(Nc1cccc2c(O)c(Cl)ccc12)c1ccccc1. The van der Waals surface area contributed by atoms with Gasteiger partial charge < -0.3 is 5.11 Å². The number of nitrogens with one attached hydrogen (secondary N) is 1. The Balaban J connectivity index is 2.11. The summed E-state index contributed by atoms with van der Waals surface area (Å²) in [6.45, 7) is 0. The number of rotatable bonds is 3. The summed E-state index contributed by atoms with van der Waals surface area (Å²) < 4.78 is 27.3. The van der Waals surface area contributed by atoms with Gasteiger partial charge in [0.15, 0.2) is 0 Å². The molecule has 3 rings (SSSR count). The minimum Gasteiger partial charge on any atom is -0.506 e. The highest BCUT2D eigenvalue weighted by atomic mass is 35.5. The van der Waals surface area contributed by atoms with Gasteiger partial charge in [-0.3, -0.25) is 4.72 Å². The first-order valence-electron chi connectivity index (χ1n) is 6.47. The third kappa shape index (κ3) is 2.61. The van der Waals surface area contributed by atoms with E-state index in [0.29, 0.717) is 16.5 Å².